The summed E-state index contributed by atoms with van der Waals surface area (Å²) in [6.45, 7) is 9.55. The van der Waals surface area contributed by atoms with Crippen molar-refractivity contribution >= 4 is 5.97 Å². The van der Waals surface area contributed by atoms with Crippen LogP contribution in [0.5, 0.6) is 0 Å². The quantitative estimate of drug-likeness (QED) is 0.493. The summed E-state index contributed by atoms with van der Waals surface area (Å²) in [5, 5.41) is 0. The number of esters is 1. The first kappa shape index (κ1) is 11.9. The Morgan fingerprint density at radius 1 is 1.46 bits per heavy atom. The smallest absolute Gasteiger partial charge is 0.309 e. The van der Waals surface area contributed by atoms with Crippen LogP contribution < -0.4 is 0 Å². The molecule has 0 aliphatic carbocycles. The number of allylic oxidation sites excluding steroid dienone is 3. The van der Waals surface area contributed by atoms with E-state index < -0.39 is 0 Å². The summed E-state index contributed by atoms with van der Waals surface area (Å²) in [5.41, 5.74) is 1.18. The Hall–Kier alpha value is -1.05. The third-order valence-electron chi connectivity index (χ3n) is 1.95. The van der Waals surface area contributed by atoms with Gasteiger partial charge in [0.15, 0.2) is 0 Å². The molecule has 0 bridgehead atoms. The van der Waals surface area contributed by atoms with Gasteiger partial charge in [-0.2, -0.15) is 0 Å². The zero-order chi connectivity index (χ0) is 10.4. The van der Waals surface area contributed by atoms with Gasteiger partial charge in [-0.3, -0.25) is 4.79 Å². The van der Waals surface area contributed by atoms with Crippen LogP contribution in [0.2, 0.25) is 0 Å². The van der Waals surface area contributed by atoms with Gasteiger partial charge >= 0.3 is 5.97 Å². The van der Waals surface area contributed by atoms with Gasteiger partial charge in [0.2, 0.25) is 0 Å². The van der Waals surface area contributed by atoms with Crippen molar-refractivity contribution < 1.29 is 9.53 Å². The molecule has 0 radical (unpaired) electrons. The molecule has 2 atom stereocenters. The lowest BCUT2D eigenvalue weighted by Gasteiger charge is -2.15. The summed E-state index contributed by atoms with van der Waals surface area (Å²) < 4.78 is 4.66. The number of hydrogen-bond acceptors (Lipinski definition) is 2. The number of ether oxygens (including phenoxy) is 1. The molecule has 74 valence electrons. The molecule has 0 aromatic rings. The van der Waals surface area contributed by atoms with Crippen molar-refractivity contribution in [2.45, 2.75) is 20.8 Å². The zero-order valence-corrected chi connectivity index (χ0v) is 8.83. The predicted octanol–water partition coefficient (Wildman–Crippen LogP) is 2.56. The molecule has 0 aliphatic heterocycles. The van der Waals surface area contributed by atoms with Gasteiger partial charge in [0.1, 0.15) is 0 Å². The molecule has 0 fully saturated rings. The van der Waals surface area contributed by atoms with Gasteiger partial charge in [0, 0.05) is 5.92 Å². The van der Waals surface area contributed by atoms with Crippen LogP contribution in [0.1, 0.15) is 20.8 Å². The van der Waals surface area contributed by atoms with E-state index in [2.05, 4.69) is 11.3 Å². The van der Waals surface area contributed by atoms with Gasteiger partial charge in [0.05, 0.1) is 13.0 Å². The average molecular weight is 182 g/mol. The maximum atomic E-state index is 11.2. The van der Waals surface area contributed by atoms with Gasteiger partial charge < -0.3 is 4.74 Å². The van der Waals surface area contributed by atoms with Crippen LogP contribution in [-0.4, -0.2) is 13.1 Å². The van der Waals surface area contributed by atoms with Gasteiger partial charge in [-0.25, -0.2) is 0 Å². The van der Waals surface area contributed by atoms with E-state index in [1.54, 1.807) is 6.08 Å². The molecule has 0 aliphatic rings. The molecule has 0 unspecified atom stereocenters. The van der Waals surface area contributed by atoms with E-state index in [4.69, 9.17) is 0 Å². The molecule has 2 nitrogen and oxygen atoms in total. The van der Waals surface area contributed by atoms with Gasteiger partial charge in [-0.15, -0.1) is 6.58 Å². The van der Waals surface area contributed by atoms with Crippen molar-refractivity contribution in [1.29, 1.82) is 0 Å². The van der Waals surface area contributed by atoms with Crippen LogP contribution in [0, 0.1) is 11.8 Å². The van der Waals surface area contributed by atoms with E-state index in [1.807, 2.05) is 26.8 Å². The Bertz CT molecular complexity index is 212. The third kappa shape index (κ3) is 3.92. The largest absolute Gasteiger partial charge is 0.469 e. The van der Waals surface area contributed by atoms with Crippen molar-refractivity contribution in [3.8, 4) is 0 Å². The molecule has 13 heavy (non-hydrogen) atoms. The monoisotopic (exact) mass is 182 g/mol. The highest BCUT2D eigenvalue weighted by molar-refractivity contribution is 5.72. The molecule has 0 heterocycles. The minimum atomic E-state index is -0.192. The van der Waals surface area contributed by atoms with Crippen molar-refractivity contribution in [1.82, 2.24) is 0 Å². The first-order valence-corrected chi connectivity index (χ1v) is 4.38. The molecule has 2 heteroatoms. The zero-order valence-electron chi connectivity index (χ0n) is 8.83. The highest BCUT2D eigenvalue weighted by Gasteiger charge is 2.19. The van der Waals surface area contributed by atoms with E-state index in [0.717, 1.165) is 0 Å². The SMILES string of the molecule is C=C[C@@H](C=C(C)C)[C@@H](C)C(=O)OC. The van der Waals surface area contributed by atoms with E-state index in [9.17, 15) is 4.79 Å². The van der Waals surface area contributed by atoms with Crippen molar-refractivity contribution in [3.63, 3.8) is 0 Å². The van der Waals surface area contributed by atoms with E-state index in [1.165, 1.54) is 12.7 Å². The second-order valence-electron chi connectivity index (χ2n) is 3.37. The van der Waals surface area contributed by atoms with Crippen LogP contribution >= 0.6 is 0 Å². The maximum Gasteiger partial charge on any atom is 0.309 e. The Morgan fingerprint density at radius 2 is 2.00 bits per heavy atom. The van der Waals surface area contributed by atoms with Gasteiger partial charge in [-0.05, 0) is 13.8 Å². The fourth-order valence-electron chi connectivity index (χ4n) is 1.14. The number of carbonyl (C=O) groups is 1. The van der Waals surface area contributed by atoms with Crippen LogP contribution in [-0.2, 0) is 9.53 Å². The molecule has 0 spiro atoms. The summed E-state index contributed by atoms with van der Waals surface area (Å²) in [7, 11) is 1.40. The third-order valence-corrected chi connectivity index (χ3v) is 1.95. The van der Waals surface area contributed by atoms with Gasteiger partial charge in [-0.1, -0.05) is 24.6 Å². The topological polar surface area (TPSA) is 26.3 Å². The number of hydrogen-bond donors (Lipinski definition) is 0. The van der Waals surface area contributed by atoms with Crippen molar-refractivity contribution in [2.75, 3.05) is 7.11 Å². The molecular weight excluding hydrogens is 164 g/mol. The van der Waals surface area contributed by atoms with Crippen molar-refractivity contribution in [2.24, 2.45) is 11.8 Å². The standard InChI is InChI=1S/C11H18O2/c1-6-10(7-8(2)3)9(4)11(12)13-5/h6-7,9-10H,1H2,2-5H3/t9-,10+/m1/s1. The summed E-state index contributed by atoms with van der Waals surface area (Å²) in [6.07, 6.45) is 3.79. The van der Waals surface area contributed by atoms with E-state index >= 15 is 0 Å². The Kier molecular flexibility index (Phi) is 5.12. The van der Waals surface area contributed by atoms with E-state index in [-0.39, 0.29) is 17.8 Å². The van der Waals surface area contributed by atoms with Crippen LogP contribution in [0.25, 0.3) is 0 Å². The first-order valence-electron chi connectivity index (χ1n) is 4.38. The van der Waals surface area contributed by atoms with Crippen molar-refractivity contribution in [3.05, 3.63) is 24.3 Å². The molecule has 0 saturated carbocycles. The highest BCUT2D eigenvalue weighted by atomic mass is 16.5. The summed E-state index contributed by atoms with van der Waals surface area (Å²) >= 11 is 0. The van der Waals surface area contributed by atoms with Crippen LogP contribution in [0.4, 0.5) is 0 Å². The molecule has 0 rings (SSSR count). The summed E-state index contributed by atoms with van der Waals surface area (Å²) in [4.78, 5) is 11.2. The lowest BCUT2D eigenvalue weighted by atomic mass is 9.92. The minimum Gasteiger partial charge on any atom is -0.469 e. The average Bonchev–Trinajstić information content (AvgIpc) is 2.11. The van der Waals surface area contributed by atoms with E-state index in [0.29, 0.717) is 0 Å². The highest BCUT2D eigenvalue weighted by Crippen LogP contribution is 2.17. The molecule has 0 N–H and O–H groups in total. The molecule has 0 aromatic carbocycles. The normalized spacial score (nSPS) is 14.2. The number of carbonyl (C=O) groups excluding carboxylic acids is 1. The molecular formula is C11H18O2. The van der Waals surface area contributed by atoms with Crippen LogP contribution in [0.15, 0.2) is 24.3 Å². The fraction of sp³-hybridized carbons (Fsp3) is 0.545. The fourth-order valence-corrected chi connectivity index (χ4v) is 1.14. The molecule has 0 saturated heterocycles. The van der Waals surface area contributed by atoms with Crippen LogP contribution in [0.3, 0.4) is 0 Å². The Balaban J connectivity index is 4.49. The van der Waals surface area contributed by atoms with Gasteiger partial charge in [0.25, 0.3) is 0 Å². The second-order valence-corrected chi connectivity index (χ2v) is 3.37. The number of methoxy groups -OCH3 is 1. The lowest BCUT2D eigenvalue weighted by molar-refractivity contribution is -0.145. The Labute approximate surface area is 80.3 Å². The first-order chi connectivity index (χ1) is 6.02. The number of rotatable bonds is 4. The molecule has 0 aromatic heterocycles. The summed E-state index contributed by atoms with van der Waals surface area (Å²) in [6, 6.07) is 0. The summed E-state index contributed by atoms with van der Waals surface area (Å²) in [5.74, 6) is -0.280. The molecule has 0 amide bonds. The lowest BCUT2D eigenvalue weighted by Crippen LogP contribution is -2.19. The minimum absolute atomic E-state index is 0.0671. The second kappa shape index (κ2) is 5.57. The maximum absolute atomic E-state index is 11.2. The Morgan fingerprint density at radius 3 is 2.31 bits per heavy atom. The predicted molar refractivity (Wildman–Crippen MR) is 54.3 cm³/mol.